The molecule has 0 radical (unpaired) electrons. The molecule has 1 N–H and O–H groups in total. The summed E-state index contributed by atoms with van der Waals surface area (Å²) in [6.45, 7) is 5.84. The summed E-state index contributed by atoms with van der Waals surface area (Å²) in [5.41, 5.74) is 7.20. The molecule has 0 bridgehead atoms. The molecule has 0 fully saturated rings. The minimum absolute atomic E-state index is 0.206. The van der Waals surface area contributed by atoms with Crippen LogP contribution in [0.3, 0.4) is 0 Å². The van der Waals surface area contributed by atoms with Gasteiger partial charge >= 0.3 is 0 Å². The second-order valence-electron chi connectivity index (χ2n) is 5.50. The average Bonchev–Trinajstić information content (AvgIpc) is 2.55. The van der Waals surface area contributed by atoms with Crippen LogP contribution in [0.25, 0.3) is 0 Å². The fourth-order valence-corrected chi connectivity index (χ4v) is 2.42. The van der Waals surface area contributed by atoms with E-state index >= 15 is 0 Å². The molecule has 0 aliphatic carbocycles. The molecule has 0 saturated heterocycles. The summed E-state index contributed by atoms with van der Waals surface area (Å²) in [6, 6.07) is 12.9. The van der Waals surface area contributed by atoms with Gasteiger partial charge in [0, 0.05) is 5.56 Å². The van der Waals surface area contributed by atoms with Gasteiger partial charge in [-0.25, -0.2) is 5.43 Å². The van der Waals surface area contributed by atoms with E-state index in [9.17, 15) is 4.79 Å². The van der Waals surface area contributed by atoms with Crippen LogP contribution in [0, 0.1) is 32.1 Å². The lowest BCUT2D eigenvalue weighted by Crippen LogP contribution is -2.24. The van der Waals surface area contributed by atoms with Crippen LogP contribution in [0.15, 0.2) is 41.5 Å². The molecule has 0 aliphatic rings. The van der Waals surface area contributed by atoms with Crippen molar-refractivity contribution in [1.29, 1.82) is 5.26 Å². The summed E-state index contributed by atoms with van der Waals surface area (Å²) in [7, 11) is 0. The van der Waals surface area contributed by atoms with Gasteiger partial charge < -0.3 is 4.74 Å². The molecule has 0 atom stereocenters. The standard InChI is InChI=1S/C19H19N3O2/c1-13-8-14(2)17(15(3)9-13)11-21-22-19(23)12-24-18-7-5-4-6-16(18)10-20/h4-9,11H,12H2,1-3H3,(H,22,23)/b21-11-. The maximum absolute atomic E-state index is 11.8. The first-order chi connectivity index (χ1) is 11.5. The minimum atomic E-state index is -0.388. The number of benzene rings is 2. The number of amides is 1. The predicted octanol–water partition coefficient (Wildman–Crippen LogP) is 3.01. The molecule has 0 unspecified atom stereocenters. The maximum atomic E-state index is 11.8. The fraction of sp³-hybridized carbons (Fsp3) is 0.211. The number of hydrogen-bond donors (Lipinski definition) is 1. The van der Waals surface area contributed by atoms with Crippen molar-refractivity contribution in [2.24, 2.45) is 5.10 Å². The summed E-state index contributed by atoms with van der Waals surface area (Å²) >= 11 is 0. The van der Waals surface area contributed by atoms with E-state index in [0.29, 0.717) is 11.3 Å². The third-order valence-electron chi connectivity index (χ3n) is 3.49. The van der Waals surface area contributed by atoms with Crippen molar-refractivity contribution in [3.8, 4) is 11.8 Å². The molecule has 0 saturated carbocycles. The lowest BCUT2D eigenvalue weighted by molar-refractivity contribution is -0.123. The van der Waals surface area contributed by atoms with Gasteiger partial charge in [0.1, 0.15) is 11.8 Å². The Morgan fingerprint density at radius 3 is 2.58 bits per heavy atom. The maximum Gasteiger partial charge on any atom is 0.277 e. The van der Waals surface area contributed by atoms with E-state index in [4.69, 9.17) is 10.00 Å². The molecule has 0 aromatic heterocycles. The van der Waals surface area contributed by atoms with Crippen molar-refractivity contribution in [3.63, 3.8) is 0 Å². The smallest absolute Gasteiger partial charge is 0.277 e. The Kier molecular flexibility index (Phi) is 5.69. The summed E-state index contributed by atoms with van der Waals surface area (Å²) in [6.07, 6.45) is 1.63. The second-order valence-corrected chi connectivity index (χ2v) is 5.50. The highest BCUT2D eigenvalue weighted by atomic mass is 16.5. The molecule has 0 spiro atoms. The Balaban J connectivity index is 1.93. The Bertz CT molecular complexity index is 797. The number of nitrogens with zero attached hydrogens (tertiary/aromatic N) is 2. The van der Waals surface area contributed by atoms with Crippen LogP contribution in [-0.2, 0) is 4.79 Å². The van der Waals surface area contributed by atoms with Crippen molar-refractivity contribution < 1.29 is 9.53 Å². The Morgan fingerprint density at radius 2 is 1.92 bits per heavy atom. The van der Waals surface area contributed by atoms with Crippen molar-refractivity contribution in [1.82, 2.24) is 5.43 Å². The zero-order valence-electron chi connectivity index (χ0n) is 14.0. The van der Waals surface area contributed by atoms with Gasteiger partial charge in [0.2, 0.25) is 0 Å². The number of ether oxygens (including phenoxy) is 1. The number of nitrogens with one attached hydrogen (secondary N) is 1. The van der Waals surface area contributed by atoms with Gasteiger partial charge in [-0.1, -0.05) is 29.8 Å². The highest BCUT2D eigenvalue weighted by Crippen LogP contribution is 2.16. The van der Waals surface area contributed by atoms with Gasteiger partial charge in [0.05, 0.1) is 11.8 Å². The Morgan fingerprint density at radius 1 is 1.25 bits per heavy atom. The van der Waals surface area contributed by atoms with Gasteiger partial charge in [-0.15, -0.1) is 0 Å². The number of carbonyl (C=O) groups is 1. The van der Waals surface area contributed by atoms with Crippen molar-refractivity contribution in [2.45, 2.75) is 20.8 Å². The van der Waals surface area contributed by atoms with E-state index in [1.165, 1.54) is 5.56 Å². The van der Waals surface area contributed by atoms with Gasteiger partial charge in [-0.3, -0.25) is 4.79 Å². The quantitative estimate of drug-likeness (QED) is 0.679. The molecule has 5 nitrogen and oxygen atoms in total. The number of aryl methyl sites for hydroxylation is 3. The highest BCUT2D eigenvalue weighted by Gasteiger charge is 2.06. The SMILES string of the molecule is Cc1cc(C)c(/C=N\NC(=O)COc2ccccc2C#N)c(C)c1. The van der Waals surface area contributed by atoms with Crippen molar-refractivity contribution in [3.05, 3.63) is 64.2 Å². The average molecular weight is 321 g/mol. The van der Waals surface area contributed by atoms with Crippen LogP contribution in [-0.4, -0.2) is 18.7 Å². The van der Waals surface area contributed by atoms with Crippen LogP contribution >= 0.6 is 0 Å². The monoisotopic (exact) mass is 321 g/mol. The number of rotatable bonds is 5. The number of carbonyl (C=O) groups excluding carboxylic acids is 1. The molecule has 2 aromatic carbocycles. The third kappa shape index (κ3) is 4.43. The first-order valence-corrected chi connectivity index (χ1v) is 7.53. The number of hydrazone groups is 1. The topological polar surface area (TPSA) is 74.5 Å². The Labute approximate surface area is 141 Å². The molecule has 2 aromatic rings. The summed E-state index contributed by atoms with van der Waals surface area (Å²) in [5, 5.41) is 12.9. The number of hydrogen-bond acceptors (Lipinski definition) is 4. The van der Waals surface area contributed by atoms with E-state index in [0.717, 1.165) is 16.7 Å². The van der Waals surface area contributed by atoms with Crippen LogP contribution in [0.1, 0.15) is 27.8 Å². The van der Waals surface area contributed by atoms with Crippen molar-refractivity contribution in [2.75, 3.05) is 6.61 Å². The molecule has 0 aliphatic heterocycles. The summed E-state index contributed by atoms with van der Waals surface area (Å²) in [5.74, 6) is -0.00855. The predicted molar refractivity (Wildman–Crippen MR) is 93.0 cm³/mol. The largest absolute Gasteiger partial charge is 0.482 e. The van der Waals surface area contributed by atoms with Gasteiger partial charge in [-0.05, 0) is 44.0 Å². The molecule has 1 amide bonds. The molecule has 5 heteroatoms. The van der Waals surface area contributed by atoms with E-state index in [2.05, 4.69) is 22.7 Å². The lowest BCUT2D eigenvalue weighted by Gasteiger charge is -2.07. The Hall–Kier alpha value is -3.13. The number of para-hydroxylation sites is 1. The second kappa shape index (κ2) is 7.93. The van der Waals surface area contributed by atoms with Crippen LogP contribution in [0.2, 0.25) is 0 Å². The fourth-order valence-electron chi connectivity index (χ4n) is 2.42. The summed E-state index contributed by atoms with van der Waals surface area (Å²) < 4.78 is 5.35. The van der Waals surface area contributed by atoms with Crippen LogP contribution in [0.5, 0.6) is 5.75 Å². The highest BCUT2D eigenvalue weighted by molar-refractivity contribution is 5.85. The molecular formula is C19H19N3O2. The summed E-state index contributed by atoms with van der Waals surface area (Å²) in [4.78, 5) is 11.8. The first kappa shape index (κ1) is 17.2. The first-order valence-electron chi connectivity index (χ1n) is 7.53. The molecule has 0 heterocycles. The molecular weight excluding hydrogens is 302 g/mol. The van der Waals surface area contributed by atoms with Gasteiger partial charge in [0.15, 0.2) is 6.61 Å². The molecule has 122 valence electrons. The zero-order chi connectivity index (χ0) is 17.5. The third-order valence-corrected chi connectivity index (χ3v) is 3.49. The van der Waals surface area contributed by atoms with E-state index in [1.807, 2.05) is 26.8 Å². The lowest BCUT2D eigenvalue weighted by atomic mass is 10.0. The van der Waals surface area contributed by atoms with E-state index in [-0.39, 0.29) is 12.5 Å². The van der Waals surface area contributed by atoms with Gasteiger partial charge in [0.25, 0.3) is 5.91 Å². The van der Waals surface area contributed by atoms with Crippen molar-refractivity contribution >= 4 is 12.1 Å². The van der Waals surface area contributed by atoms with E-state index in [1.54, 1.807) is 30.5 Å². The molecule has 24 heavy (non-hydrogen) atoms. The zero-order valence-corrected chi connectivity index (χ0v) is 14.0. The number of nitriles is 1. The normalized spacial score (nSPS) is 10.4. The van der Waals surface area contributed by atoms with Crippen LogP contribution < -0.4 is 10.2 Å². The molecule has 2 rings (SSSR count). The van der Waals surface area contributed by atoms with E-state index < -0.39 is 0 Å². The van der Waals surface area contributed by atoms with Crippen LogP contribution in [0.4, 0.5) is 0 Å². The van der Waals surface area contributed by atoms with Gasteiger partial charge in [-0.2, -0.15) is 10.4 Å². The minimum Gasteiger partial charge on any atom is -0.482 e.